The molecule has 0 aliphatic carbocycles. The van der Waals surface area contributed by atoms with Crippen molar-refractivity contribution in [2.45, 2.75) is 25.8 Å². The van der Waals surface area contributed by atoms with Crippen LogP contribution < -0.4 is 10.6 Å². The number of halogens is 1. The van der Waals surface area contributed by atoms with E-state index < -0.39 is 17.9 Å². The fraction of sp³-hybridized carbons (Fsp3) is 0.467. The number of anilines is 1. The van der Waals surface area contributed by atoms with Crippen molar-refractivity contribution in [2.75, 3.05) is 18.5 Å². The van der Waals surface area contributed by atoms with Crippen LogP contribution in [0.4, 0.5) is 15.0 Å². The van der Waals surface area contributed by atoms with Crippen molar-refractivity contribution in [3.63, 3.8) is 0 Å². The topological polar surface area (TPSA) is 102 Å². The molecule has 1 atom stereocenters. The van der Waals surface area contributed by atoms with E-state index in [4.69, 9.17) is 9.26 Å². The first-order valence-electron chi connectivity index (χ1n) is 7.69. The van der Waals surface area contributed by atoms with Crippen molar-refractivity contribution in [2.24, 2.45) is 5.92 Å². The van der Waals surface area contributed by atoms with Crippen molar-refractivity contribution < 1.29 is 18.4 Å². The quantitative estimate of drug-likeness (QED) is 0.888. The molecule has 2 N–H and O–H groups in total. The van der Waals surface area contributed by atoms with E-state index in [-0.39, 0.29) is 11.7 Å². The van der Waals surface area contributed by atoms with Gasteiger partial charge < -0.3 is 14.6 Å². The van der Waals surface area contributed by atoms with E-state index in [9.17, 15) is 9.18 Å². The monoisotopic (exact) mass is 335 g/mol. The van der Waals surface area contributed by atoms with Crippen molar-refractivity contribution in [1.29, 1.82) is 0 Å². The molecule has 1 fully saturated rings. The molecule has 0 saturated carbocycles. The van der Waals surface area contributed by atoms with Crippen molar-refractivity contribution in [3.05, 3.63) is 35.9 Å². The molecule has 128 valence electrons. The fourth-order valence-corrected chi connectivity index (χ4v) is 2.61. The predicted molar refractivity (Wildman–Crippen MR) is 81.7 cm³/mol. The number of amides is 2. The number of pyridine rings is 1. The molecule has 3 heterocycles. The number of aryl methyl sites for hydroxylation is 1. The van der Waals surface area contributed by atoms with E-state index in [0.29, 0.717) is 24.9 Å². The molecule has 1 saturated heterocycles. The molecular weight excluding hydrogens is 317 g/mol. The third kappa shape index (κ3) is 4.05. The van der Waals surface area contributed by atoms with Crippen LogP contribution in [0.2, 0.25) is 0 Å². The minimum absolute atomic E-state index is 0.130. The van der Waals surface area contributed by atoms with Crippen LogP contribution in [-0.2, 0) is 4.74 Å². The van der Waals surface area contributed by atoms with Gasteiger partial charge in [-0.15, -0.1) is 0 Å². The van der Waals surface area contributed by atoms with Crippen molar-refractivity contribution in [1.82, 2.24) is 20.4 Å². The Morgan fingerprint density at radius 2 is 2.17 bits per heavy atom. The predicted octanol–water partition coefficient (Wildman–Crippen LogP) is 2.20. The zero-order chi connectivity index (χ0) is 16.9. The van der Waals surface area contributed by atoms with E-state index in [1.54, 1.807) is 6.92 Å². The number of urea groups is 1. The molecule has 1 aliphatic rings. The Hall–Kier alpha value is -2.55. The largest absolute Gasteiger partial charge is 0.381 e. The second-order valence-electron chi connectivity index (χ2n) is 5.57. The summed E-state index contributed by atoms with van der Waals surface area (Å²) in [6, 6.07) is 1.71. The summed E-state index contributed by atoms with van der Waals surface area (Å²) in [7, 11) is 0. The molecule has 0 spiro atoms. The lowest BCUT2D eigenvalue weighted by atomic mass is 9.91. The van der Waals surface area contributed by atoms with Gasteiger partial charge in [0.15, 0.2) is 5.82 Å². The van der Waals surface area contributed by atoms with Gasteiger partial charge in [0.2, 0.25) is 5.89 Å². The van der Waals surface area contributed by atoms with E-state index in [1.165, 1.54) is 12.1 Å². The maximum absolute atomic E-state index is 12.9. The highest BCUT2D eigenvalue weighted by Crippen LogP contribution is 2.29. The smallest absolute Gasteiger partial charge is 0.321 e. The number of hydrogen-bond acceptors (Lipinski definition) is 6. The number of ether oxygens (including phenoxy) is 1. The van der Waals surface area contributed by atoms with E-state index >= 15 is 0 Å². The summed E-state index contributed by atoms with van der Waals surface area (Å²) < 4.78 is 23.5. The third-order valence-electron chi connectivity index (χ3n) is 3.80. The van der Waals surface area contributed by atoms with Gasteiger partial charge in [-0.2, -0.15) is 4.98 Å². The first kappa shape index (κ1) is 16.3. The lowest BCUT2D eigenvalue weighted by molar-refractivity contribution is 0.0506. The lowest BCUT2D eigenvalue weighted by Crippen LogP contribution is -2.38. The number of carbonyl (C=O) groups excluding carboxylic acids is 1. The maximum atomic E-state index is 12.9. The Bertz CT molecular complexity index is 685. The Labute approximate surface area is 137 Å². The molecule has 0 unspecified atom stereocenters. The maximum Gasteiger partial charge on any atom is 0.321 e. The summed E-state index contributed by atoms with van der Waals surface area (Å²) in [5, 5.41) is 9.20. The van der Waals surface area contributed by atoms with Gasteiger partial charge in [0.25, 0.3) is 0 Å². The summed E-state index contributed by atoms with van der Waals surface area (Å²) in [5.41, 5.74) is 0. The molecule has 24 heavy (non-hydrogen) atoms. The van der Waals surface area contributed by atoms with Gasteiger partial charge in [0.1, 0.15) is 17.7 Å². The molecule has 0 aromatic carbocycles. The first-order chi connectivity index (χ1) is 11.6. The molecule has 0 radical (unpaired) electrons. The molecule has 8 nitrogen and oxygen atoms in total. The number of nitrogens with zero attached hydrogens (tertiary/aromatic N) is 3. The van der Waals surface area contributed by atoms with Crippen LogP contribution in [-0.4, -0.2) is 34.4 Å². The molecule has 1 aliphatic heterocycles. The third-order valence-corrected chi connectivity index (χ3v) is 3.80. The molecular formula is C15H18FN5O3. The highest BCUT2D eigenvalue weighted by atomic mass is 19.1. The highest BCUT2D eigenvalue weighted by Gasteiger charge is 2.31. The number of nitrogens with one attached hydrogen (secondary N) is 2. The van der Waals surface area contributed by atoms with Crippen LogP contribution >= 0.6 is 0 Å². The minimum atomic E-state index is -0.471. The van der Waals surface area contributed by atoms with Crippen LogP contribution in [0.25, 0.3) is 0 Å². The molecule has 2 aromatic heterocycles. The SMILES string of the molecule is Cc1noc([C@H](NC(=O)Nc2ccc(F)cn2)C2CCOCC2)n1. The van der Waals surface area contributed by atoms with E-state index in [1.807, 2.05) is 0 Å². The van der Waals surface area contributed by atoms with Gasteiger partial charge in [-0.1, -0.05) is 5.16 Å². The van der Waals surface area contributed by atoms with Gasteiger partial charge in [0, 0.05) is 13.2 Å². The van der Waals surface area contributed by atoms with Gasteiger partial charge >= 0.3 is 6.03 Å². The molecule has 9 heteroatoms. The summed E-state index contributed by atoms with van der Waals surface area (Å²) in [6.45, 7) is 2.96. The van der Waals surface area contributed by atoms with Gasteiger partial charge in [-0.05, 0) is 37.8 Å². The number of hydrogen-bond donors (Lipinski definition) is 2. The standard InChI is InChI=1S/C15H18FN5O3/c1-9-18-14(24-21-9)13(10-4-6-23-7-5-10)20-15(22)19-12-3-2-11(16)8-17-12/h2-3,8,10,13H,4-7H2,1H3,(H2,17,19,20,22)/t13-/m1/s1. The number of aromatic nitrogens is 3. The van der Waals surface area contributed by atoms with Crippen molar-refractivity contribution >= 4 is 11.8 Å². The van der Waals surface area contributed by atoms with Gasteiger partial charge in [0.05, 0.1) is 6.20 Å². The minimum Gasteiger partial charge on any atom is -0.381 e. The average molecular weight is 335 g/mol. The molecule has 2 aromatic rings. The summed E-state index contributed by atoms with van der Waals surface area (Å²) >= 11 is 0. The molecule has 2 amide bonds. The Morgan fingerprint density at radius 3 is 2.79 bits per heavy atom. The van der Waals surface area contributed by atoms with Crippen LogP contribution in [0.5, 0.6) is 0 Å². The van der Waals surface area contributed by atoms with Crippen LogP contribution in [0.1, 0.15) is 30.6 Å². The lowest BCUT2D eigenvalue weighted by Gasteiger charge is -2.28. The molecule has 3 rings (SSSR count). The Kier molecular flexibility index (Phi) is 4.99. The second kappa shape index (κ2) is 7.35. The number of carbonyl (C=O) groups is 1. The fourth-order valence-electron chi connectivity index (χ4n) is 2.61. The zero-order valence-electron chi connectivity index (χ0n) is 13.2. The van der Waals surface area contributed by atoms with Crippen LogP contribution in [0, 0.1) is 18.7 Å². The van der Waals surface area contributed by atoms with Crippen LogP contribution in [0.15, 0.2) is 22.9 Å². The molecule has 0 bridgehead atoms. The second-order valence-corrected chi connectivity index (χ2v) is 5.57. The summed E-state index contributed by atoms with van der Waals surface area (Å²) in [4.78, 5) is 20.3. The zero-order valence-corrected chi connectivity index (χ0v) is 13.2. The summed E-state index contributed by atoms with van der Waals surface area (Å²) in [5.74, 6) is 0.778. The van der Waals surface area contributed by atoms with Gasteiger partial charge in [-0.25, -0.2) is 14.2 Å². The highest BCUT2D eigenvalue weighted by molar-refractivity contribution is 5.88. The average Bonchev–Trinajstić information content (AvgIpc) is 3.02. The van der Waals surface area contributed by atoms with E-state index in [2.05, 4.69) is 25.8 Å². The van der Waals surface area contributed by atoms with Gasteiger partial charge in [-0.3, -0.25) is 5.32 Å². The van der Waals surface area contributed by atoms with Crippen molar-refractivity contribution in [3.8, 4) is 0 Å². The Morgan fingerprint density at radius 1 is 1.38 bits per heavy atom. The normalized spacial score (nSPS) is 16.6. The Balaban J connectivity index is 1.70. The van der Waals surface area contributed by atoms with E-state index in [0.717, 1.165) is 19.0 Å². The van der Waals surface area contributed by atoms with Crippen LogP contribution in [0.3, 0.4) is 0 Å². The first-order valence-corrected chi connectivity index (χ1v) is 7.69. The summed E-state index contributed by atoms with van der Waals surface area (Å²) in [6.07, 6.45) is 2.59. The number of rotatable bonds is 4.